The van der Waals surface area contributed by atoms with E-state index in [2.05, 4.69) is 292 Å². The van der Waals surface area contributed by atoms with Crippen LogP contribution in [0.1, 0.15) is 378 Å². The molecule has 0 bridgehead atoms. The second kappa shape index (κ2) is 73.4. The average Bonchev–Trinajstić information content (AvgIpc) is 1.72. The van der Waals surface area contributed by atoms with Crippen LogP contribution in [0.15, 0.2) is 182 Å². The van der Waals surface area contributed by atoms with Crippen molar-refractivity contribution >= 4 is 11.0 Å². The van der Waals surface area contributed by atoms with Crippen LogP contribution in [0.5, 0.6) is 0 Å². The molecule has 1 aliphatic heterocycles. The van der Waals surface area contributed by atoms with Crippen molar-refractivity contribution in [1.82, 2.24) is 39.3 Å². The molecule has 0 unspecified atom stereocenters. The minimum absolute atomic E-state index is 0. The molecule has 1 aliphatic rings. The molecule has 3 aromatic carbocycles. The molecule has 1 N–H and O–H groups in total. The van der Waals surface area contributed by atoms with Crippen molar-refractivity contribution in [1.29, 1.82) is 0 Å². The van der Waals surface area contributed by atoms with Gasteiger partial charge in [0, 0.05) is 118 Å². The van der Waals surface area contributed by atoms with Crippen molar-refractivity contribution < 1.29 is 37.4 Å². The number of hydrogen-bond donors (Lipinski definition) is 1. The number of nitrogens with zero attached hydrogens (tertiary/aromatic N) is 7. The Kier molecular flexibility index (Phi) is 92.2. The number of aromatic nitrogens is 8. The first kappa shape index (κ1) is 142. The van der Waals surface area contributed by atoms with Gasteiger partial charge in [-0.2, -0.15) is 5.10 Å². The maximum atomic E-state index is 11.1. The first-order valence-corrected chi connectivity index (χ1v) is 38.6. The summed E-state index contributed by atoms with van der Waals surface area (Å²) in [7, 11) is 3.80. The van der Waals surface area contributed by atoms with Crippen molar-refractivity contribution in [3.05, 3.63) is 251 Å². The van der Waals surface area contributed by atoms with Gasteiger partial charge in [0.25, 0.3) is 0 Å². The van der Waals surface area contributed by atoms with Gasteiger partial charge in [0.05, 0.1) is 30.6 Å². The minimum atomic E-state index is 0. The fraction of sp³-hybridized carbons (Fsp3) is 0.578. The molecule has 655 valence electrons. The molecule has 0 amide bonds. The Labute approximate surface area is 732 Å². The van der Waals surface area contributed by atoms with E-state index in [0.29, 0.717) is 5.41 Å². The monoisotopic (exact) mass is 1650 g/mol. The third kappa shape index (κ3) is 61.8. The number of rotatable bonds is 0. The molecule has 7 heterocycles. The van der Waals surface area contributed by atoms with Crippen molar-refractivity contribution in [2.45, 2.75) is 379 Å². The van der Waals surface area contributed by atoms with E-state index in [0.717, 1.165) is 30.8 Å². The molecule has 113 heavy (non-hydrogen) atoms. The summed E-state index contributed by atoms with van der Waals surface area (Å²) in [6, 6.07) is 43.6. The Balaban J connectivity index is -0.0000000724. The fourth-order valence-electron chi connectivity index (χ4n) is 8.54. The van der Waals surface area contributed by atoms with Gasteiger partial charge in [0.1, 0.15) is 0 Å². The van der Waals surface area contributed by atoms with Crippen LogP contribution in [-0.2, 0) is 108 Å². The van der Waals surface area contributed by atoms with Gasteiger partial charge in [-0.05, 0) is 132 Å². The van der Waals surface area contributed by atoms with E-state index in [1.807, 2.05) is 172 Å². The van der Waals surface area contributed by atoms with Crippen molar-refractivity contribution in [3.8, 4) is 0 Å². The number of H-pyrrole nitrogens is 1. The Morgan fingerprint density at radius 3 is 1.12 bits per heavy atom. The standard InChI is InChI=1S/C13H18O.C12H16N2.C10H15NO.C10H14.3C9H13N.C7H12N2.7C2H6.8CH4.CH3.Y/c1-13(2,3)12-5-4-10-6-7-14-9-11(10)8-12;1-12(2,3)9-5-6-10-11(7-9)14(4)8-13-10;1-10(2,3)8-5-6-9(12)11(4)7-8;1-10(2,3)9-7-5-4-6-8-9;1-9(2,3)8-4-6-10-7-5-8;1-9(2,3)8-5-4-6-10-7-8;1-9(2,3)8-6-4-5-7-10-8;1-7(2,3)6-4-5-8-9-6;7*1-2;;;;;;;;;;/h4-5,8H,6-7,9H2,1-3H3;5-8H,1-4H3;5-7H,1-4H3;4-8H,1-3H3;3*4-7H,1-3H3;4-5H,1-3H3,(H,8,9);7*1-2H3;8*1H4;1H3;/q;;;;;;;;;;;;;;;;;;;;;;;-1;. The van der Waals surface area contributed by atoms with Crippen molar-refractivity contribution in [2.24, 2.45) is 14.1 Å². The summed E-state index contributed by atoms with van der Waals surface area (Å²) in [4.78, 5) is 27.6. The predicted molar refractivity (Wildman–Crippen MR) is 519 cm³/mol. The second-order valence-corrected chi connectivity index (χ2v) is 31.2. The van der Waals surface area contributed by atoms with E-state index < -0.39 is 0 Å². The number of hydrogen-bond acceptors (Lipinski definition) is 7. The summed E-state index contributed by atoms with van der Waals surface area (Å²) in [6.07, 6.45) is 15.8. The number of aryl methyl sites for hydroxylation is 2. The zero-order valence-corrected chi connectivity index (χ0v) is 78.2. The van der Waals surface area contributed by atoms with Crippen LogP contribution < -0.4 is 5.56 Å². The maximum absolute atomic E-state index is 11.1. The molecule has 0 spiro atoms. The molecule has 6 aromatic heterocycles. The molecular formula is C102H191N8O2Y-. The molecule has 11 heteroatoms. The topological polar surface area (TPSA) is 116 Å². The van der Waals surface area contributed by atoms with Crippen LogP contribution >= 0.6 is 0 Å². The van der Waals surface area contributed by atoms with Crippen LogP contribution in [0, 0.1) is 7.43 Å². The quantitative estimate of drug-likeness (QED) is 0.150. The molecule has 0 atom stereocenters. The third-order valence-electron chi connectivity index (χ3n) is 14.8. The van der Waals surface area contributed by atoms with E-state index in [9.17, 15) is 4.79 Å². The Hall–Kier alpha value is -6.20. The van der Waals surface area contributed by atoms with Gasteiger partial charge in [-0.25, -0.2) is 4.98 Å². The normalized spacial score (nSPS) is 10.2. The van der Waals surface area contributed by atoms with Gasteiger partial charge in [-0.1, -0.05) is 395 Å². The number of fused-ring (bicyclic) bond motifs is 2. The van der Waals surface area contributed by atoms with Gasteiger partial charge in [-0.3, -0.25) is 24.8 Å². The van der Waals surface area contributed by atoms with Crippen molar-refractivity contribution in [3.63, 3.8) is 0 Å². The van der Waals surface area contributed by atoms with Crippen LogP contribution in [0.3, 0.4) is 0 Å². The van der Waals surface area contributed by atoms with E-state index >= 15 is 0 Å². The van der Waals surface area contributed by atoms with Crippen LogP contribution in [0.25, 0.3) is 11.0 Å². The molecule has 10 rings (SSSR count). The summed E-state index contributed by atoms with van der Waals surface area (Å²) in [5.41, 5.74) is 17.2. The maximum Gasteiger partial charge on any atom is 0.250 e. The number of aromatic amines is 1. The smallest absolute Gasteiger partial charge is 0.250 e. The Morgan fingerprint density at radius 2 is 0.779 bits per heavy atom. The number of nitrogens with one attached hydrogen (secondary N) is 1. The number of pyridine rings is 4. The number of ether oxygens (including phenoxy) is 1. The van der Waals surface area contributed by atoms with Gasteiger partial charge in [-0.15, -0.1) is 0 Å². The summed E-state index contributed by atoms with van der Waals surface area (Å²) in [5, 5.41) is 6.79. The molecular weight excluding hydrogens is 1460 g/mol. The molecule has 0 fully saturated rings. The van der Waals surface area contributed by atoms with Gasteiger partial charge in [0.2, 0.25) is 5.56 Å². The number of imidazole rings is 1. The zero-order chi connectivity index (χ0) is 81.2. The van der Waals surface area contributed by atoms with Crippen LogP contribution in [0.2, 0.25) is 0 Å². The van der Waals surface area contributed by atoms with Gasteiger partial charge >= 0.3 is 0 Å². The summed E-state index contributed by atoms with van der Waals surface area (Å²) in [5.74, 6) is 0. The summed E-state index contributed by atoms with van der Waals surface area (Å²) >= 11 is 0. The van der Waals surface area contributed by atoms with E-state index in [4.69, 9.17) is 4.74 Å². The molecule has 0 saturated carbocycles. The Bertz CT molecular complexity index is 3290. The largest absolute Gasteiger partial charge is 0.376 e. The van der Waals surface area contributed by atoms with E-state index in [-0.39, 0.29) is 143 Å². The molecule has 0 saturated heterocycles. The predicted octanol–water partition coefficient (Wildman–Crippen LogP) is 32.2. The average molecular weight is 1650 g/mol. The van der Waals surface area contributed by atoms with E-state index in [1.54, 1.807) is 30.1 Å². The SMILES string of the molecule is C.C.C.C.C.C.C.C.CC.CC.CC.CC.CC.CC.CC.CC(C)(C)c1ccc2c(c1)COCC2.CC(C)(C)c1ccccc1.CC(C)(C)c1ccccn1.CC(C)(C)c1cccnc1.CC(C)(C)c1ccn[nH]1.CC(C)(C)c1ccncc1.Cn1cc(C(C)(C)C)ccc1=O.Cn1cnc2ccc(C(C)(C)C)cc21.[CH3-].[Y]. The second-order valence-electron chi connectivity index (χ2n) is 31.2. The van der Waals surface area contributed by atoms with Crippen LogP contribution in [-0.4, -0.2) is 45.9 Å². The minimum Gasteiger partial charge on any atom is -0.376 e. The molecule has 10 nitrogen and oxygen atoms in total. The van der Waals surface area contributed by atoms with Crippen molar-refractivity contribution in [2.75, 3.05) is 6.61 Å². The fourth-order valence-corrected chi connectivity index (χ4v) is 8.54. The Morgan fingerprint density at radius 1 is 0.363 bits per heavy atom. The van der Waals surface area contributed by atoms with Crippen LogP contribution in [0.4, 0.5) is 0 Å². The first-order chi connectivity index (χ1) is 48.0. The molecule has 9 aromatic rings. The zero-order valence-electron chi connectivity index (χ0n) is 75.4. The van der Waals surface area contributed by atoms with E-state index in [1.165, 1.54) is 55.7 Å². The summed E-state index contributed by atoms with van der Waals surface area (Å²) in [6.45, 7) is 82.3. The molecule has 1 radical (unpaired) electrons. The third-order valence-corrected chi connectivity index (χ3v) is 14.8. The summed E-state index contributed by atoms with van der Waals surface area (Å²) < 4.78 is 9.14. The first-order valence-electron chi connectivity index (χ1n) is 38.6. The molecule has 0 aliphatic carbocycles. The van der Waals surface area contributed by atoms with Gasteiger partial charge < -0.3 is 21.3 Å². The van der Waals surface area contributed by atoms with Gasteiger partial charge in [0.15, 0.2) is 0 Å². The number of benzene rings is 3.